The average molecular weight is 221 g/mol. The Morgan fingerprint density at radius 2 is 1.93 bits per heavy atom. The van der Waals surface area contributed by atoms with Crippen molar-refractivity contribution < 1.29 is 13.9 Å². The van der Waals surface area contributed by atoms with Gasteiger partial charge in [0.2, 0.25) is 0 Å². The summed E-state index contributed by atoms with van der Waals surface area (Å²) in [6.07, 6.45) is -2.60. The lowest BCUT2D eigenvalue weighted by Gasteiger charge is -2.21. The number of aliphatic hydroxyl groups is 1. The molecular weight excluding hydrogens is 210 g/mol. The van der Waals surface area contributed by atoms with Crippen molar-refractivity contribution >= 4 is 11.6 Å². The molecule has 0 amide bonds. The van der Waals surface area contributed by atoms with Gasteiger partial charge in [-0.1, -0.05) is 17.7 Å². The van der Waals surface area contributed by atoms with Crippen LogP contribution in [0.25, 0.3) is 0 Å². The maximum absolute atomic E-state index is 12.5. The van der Waals surface area contributed by atoms with Crippen molar-refractivity contribution in [2.24, 2.45) is 0 Å². The van der Waals surface area contributed by atoms with Gasteiger partial charge in [0.05, 0.1) is 5.60 Å². The smallest absolute Gasteiger partial charge is 0.264 e. The van der Waals surface area contributed by atoms with E-state index in [9.17, 15) is 13.9 Å². The van der Waals surface area contributed by atoms with Gasteiger partial charge in [0.15, 0.2) is 0 Å². The molecule has 1 aromatic carbocycles. The number of rotatable bonds is 2. The summed E-state index contributed by atoms with van der Waals surface area (Å²) in [5.74, 6) is 0. The Balaban J connectivity index is 3.30. The van der Waals surface area contributed by atoms with Crippen molar-refractivity contribution in [3.8, 4) is 0 Å². The minimum absolute atomic E-state index is 0.167. The molecule has 78 valence electrons. The number of hydrogen-bond acceptors (Lipinski definition) is 1. The number of halogens is 3. The van der Waals surface area contributed by atoms with Gasteiger partial charge in [-0.05, 0) is 31.5 Å². The first-order valence-corrected chi connectivity index (χ1v) is 4.50. The van der Waals surface area contributed by atoms with Crippen LogP contribution in [0.5, 0.6) is 0 Å². The number of benzene rings is 1. The normalized spacial score (nSPS) is 12.2. The highest BCUT2D eigenvalue weighted by Gasteiger charge is 2.24. The van der Waals surface area contributed by atoms with E-state index in [1.165, 1.54) is 32.0 Å². The SMILES string of the molecule is CC(C)(O)c1cc(Cl)ccc1C(F)F. The summed E-state index contributed by atoms with van der Waals surface area (Å²) >= 11 is 5.67. The molecule has 0 aliphatic heterocycles. The van der Waals surface area contributed by atoms with Crippen molar-refractivity contribution in [3.63, 3.8) is 0 Å². The third-order valence-corrected chi connectivity index (χ3v) is 2.14. The Morgan fingerprint density at radius 1 is 1.36 bits per heavy atom. The quantitative estimate of drug-likeness (QED) is 0.809. The van der Waals surface area contributed by atoms with E-state index >= 15 is 0 Å². The molecule has 0 unspecified atom stereocenters. The molecule has 1 N–H and O–H groups in total. The third-order valence-electron chi connectivity index (χ3n) is 1.91. The van der Waals surface area contributed by atoms with Gasteiger partial charge in [0, 0.05) is 10.6 Å². The minimum atomic E-state index is -2.60. The van der Waals surface area contributed by atoms with Crippen LogP contribution in [0.15, 0.2) is 18.2 Å². The molecule has 0 aliphatic carbocycles. The zero-order chi connectivity index (χ0) is 10.9. The van der Waals surface area contributed by atoms with Gasteiger partial charge in [-0.2, -0.15) is 0 Å². The summed E-state index contributed by atoms with van der Waals surface area (Å²) in [4.78, 5) is 0. The lowest BCUT2D eigenvalue weighted by atomic mass is 9.93. The van der Waals surface area contributed by atoms with Crippen LogP contribution in [-0.2, 0) is 5.60 Å². The van der Waals surface area contributed by atoms with Crippen LogP contribution in [0, 0.1) is 0 Å². The van der Waals surface area contributed by atoms with Gasteiger partial charge < -0.3 is 5.11 Å². The summed E-state index contributed by atoms with van der Waals surface area (Å²) in [6, 6.07) is 3.99. The predicted molar refractivity (Wildman–Crippen MR) is 51.7 cm³/mol. The first-order valence-electron chi connectivity index (χ1n) is 4.13. The Labute approximate surface area is 86.3 Å². The van der Waals surface area contributed by atoms with Crippen molar-refractivity contribution in [3.05, 3.63) is 34.3 Å². The van der Waals surface area contributed by atoms with E-state index in [4.69, 9.17) is 11.6 Å². The van der Waals surface area contributed by atoms with E-state index in [-0.39, 0.29) is 11.1 Å². The first kappa shape index (κ1) is 11.4. The molecule has 0 heterocycles. The molecule has 0 saturated carbocycles. The Hall–Kier alpha value is -0.670. The van der Waals surface area contributed by atoms with Crippen molar-refractivity contribution in [1.29, 1.82) is 0 Å². The largest absolute Gasteiger partial charge is 0.386 e. The first-order chi connectivity index (χ1) is 6.32. The second kappa shape index (κ2) is 3.83. The maximum atomic E-state index is 12.5. The van der Waals surface area contributed by atoms with Crippen LogP contribution in [-0.4, -0.2) is 5.11 Å². The summed E-state index contributed by atoms with van der Waals surface area (Å²) in [6.45, 7) is 2.90. The van der Waals surface area contributed by atoms with Crippen LogP contribution in [0.1, 0.15) is 31.4 Å². The third kappa shape index (κ3) is 2.42. The van der Waals surface area contributed by atoms with Crippen molar-refractivity contribution in [2.45, 2.75) is 25.9 Å². The standard InChI is InChI=1S/C10H11ClF2O/c1-10(2,14)8-5-6(11)3-4-7(8)9(12)13/h3-5,9,14H,1-2H3. The molecule has 1 nitrogen and oxygen atoms in total. The van der Waals surface area contributed by atoms with E-state index in [2.05, 4.69) is 0 Å². The maximum Gasteiger partial charge on any atom is 0.264 e. The fourth-order valence-electron chi connectivity index (χ4n) is 1.25. The van der Waals surface area contributed by atoms with Gasteiger partial charge in [-0.25, -0.2) is 8.78 Å². The molecule has 1 rings (SSSR count). The minimum Gasteiger partial charge on any atom is -0.386 e. The van der Waals surface area contributed by atoms with Crippen molar-refractivity contribution in [1.82, 2.24) is 0 Å². The van der Waals surface area contributed by atoms with Gasteiger partial charge in [-0.3, -0.25) is 0 Å². The Bertz CT molecular complexity index is 331. The van der Waals surface area contributed by atoms with Crippen LogP contribution < -0.4 is 0 Å². The van der Waals surface area contributed by atoms with Gasteiger partial charge in [0.1, 0.15) is 0 Å². The Morgan fingerprint density at radius 3 is 2.36 bits per heavy atom. The average Bonchev–Trinajstić information content (AvgIpc) is 2.01. The van der Waals surface area contributed by atoms with E-state index < -0.39 is 12.0 Å². The molecule has 0 aliphatic rings. The zero-order valence-electron chi connectivity index (χ0n) is 7.89. The highest BCUT2D eigenvalue weighted by atomic mass is 35.5. The second-order valence-electron chi connectivity index (χ2n) is 3.59. The fourth-order valence-corrected chi connectivity index (χ4v) is 1.42. The van der Waals surface area contributed by atoms with Gasteiger partial charge in [-0.15, -0.1) is 0 Å². The number of hydrogen-bond donors (Lipinski definition) is 1. The van der Waals surface area contributed by atoms with Crippen LogP contribution in [0.4, 0.5) is 8.78 Å². The highest BCUT2D eigenvalue weighted by molar-refractivity contribution is 6.30. The summed E-state index contributed by atoms with van der Waals surface area (Å²) < 4.78 is 25.1. The van der Waals surface area contributed by atoms with Crippen LogP contribution >= 0.6 is 11.6 Å². The van der Waals surface area contributed by atoms with E-state index in [0.29, 0.717) is 5.02 Å². The van der Waals surface area contributed by atoms with Crippen LogP contribution in [0.2, 0.25) is 5.02 Å². The zero-order valence-corrected chi connectivity index (χ0v) is 8.65. The van der Waals surface area contributed by atoms with Gasteiger partial charge in [0.25, 0.3) is 6.43 Å². The molecule has 0 fully saturated rings. The second-order valence-corrected chi connectivity index (χ2v) is 4.03. The van der Waals surface area contributed by atoms with Crippen LogP contribution in [0.3, 0.4) is 0 Å². The molecule has 14 heavy (non-hydrogen) atoms. The predicted octanol–water partition coefficient (Wildman–Crippen LogP) is 3.51. The molecule has 4 heteroatoms. The molecule has 0 saturated heterocycles. The van der Waals surface area contributed by atoms with E-state index in [0.717, 1.165) is 0 Å². The topological polar surface area (TPSA) is 20.2 Å². The number of alkyl halides is 2. The molecule has 0 spiro atoms. The Kier molecular flexibility index (Phi) is 3.12. The molecule has 1 aromatic rings. The fraction of sp³-hybridized carbons (Fsp3) is 0.400. The summed E-state index contributed by atoms with van der Waals surface area (Å²) in [5, 5.41) is 9.99. The van der Waals surface area contributed by atoms with E-state index in [1.807, 2.05) is 0 Å². The van der Waals surface area contributed by atoms with Crippen molar-refractivity contribution in [2.75, 3.05) is 0 Å². The lowest BCUT2D eigenvalue weighted by molar-refractivity contribution is 0.0701. The van der Waals surface area contributed by atoms with Gasteiger partial charge >= 0.3 is 0 Å². The highest BCUT2D eigenvalue weighted by Crippen LogP contribution is 2.32. The molecule has 0 atom stereocenters. The molecule has 0 radical (unpaired) electrons. The van der Waals surface area contributed by atoms with E-state index in [1.54, 1.807) is 0 Å². The molecular formula is C10H11ClF2O. The monoisotopic (exact) mass is 220 g/mol. The molecule has 0 aromatic heterocycles. The summed E-state index contributed by atoms with van der Waals surface area (Å²) in [7, 11) is 0. The lowest BCUT2D eigenvalue weighted by Crippen LogP contribution is -2.18. The summed E-state index contributed by atoms with van der Waals surface area (Å²) in [5.41, 5.74) is -1.32. The molecule has 0 bridgehead atoms.